The van der Waals surface area contributed by atoms with Crippen molar-refractivity contribution in [1.29, 1.82) is 0 Å². The fourth-order valence-electron chi connectivity index (χ4n) is 1.17. The summed E-state index contributed by atoms with van der Waals surface area (Å²) in [7, 11) is 0. The number of pyridine rings is 1. The molecule has 0 aliphatic heterocycles. The molecule has 0 aliphatic carbocycles. The van der Waals surface area contributed by atoms with Gasteiger partial charge in [0.2, 0.25) is 0 Å². The van der Waals surface area contributed by atoms with E-state index >= 15 is 0 Å². The highest BCUT2D eigenvalue weighted by Crippen LogP contribution is 2.20. The summed E-state index contributed by atoms with van der Waals surface area (Å²) in [4.78, 5) is 3.86. The highest BCUT2D eigenvalue weighted by molar-refractivity contribution is 5.53. The quantitative estimate of drug-likeness (QED) is 0.745. The van der Waals surface area contributed by atoms with E-state index in [1.54, 1.807) is 12.3 Å². The third-order valence-electron chi connectivity index (χ3n) is 2.00. The standard InChI is InChI=1S/C10H14F3N3O/c1-2-15-7-3-8(5-14-4-7)16-6-9(17)10(11,12)13/h3-5,9,15-17H,2,6H2,1H3. The smallest absolute Gasteiger partial charge is 0.384 e. The molecular formula is C10H14F3N3O. The summed E-state index contributed by atoms with van der Waals surface area (Å²) < 4.78 is 36.1. The largest absolute Gasteiger partial charge is 0.416 e. The van der Waals surface area contributed by atoms with Gasteiger partial charge in [-0.3, -0.25) is 4.98 Å². The number of aliphatic hydroxyl groups is 1. The average molecular weight is 249 g/mol. The van der Waals surface area contributed by atoms with Crippen molar-refractivity contribution in [2.45, 2.75) is 19.2 Å². The Morgan fingerprint density at radius 1 is 1.29 bits per heavy atom. The van der Waals surface area contributed by atoms with Gasteiger partial charge in [0.1, 0.15) is 0 Å². The van der Waals surface area contributed by atoms with E-state index in [0.717, 1.165) is 0 Å². The Kier molecular flexibility index (Phi) is 4.56. The van der Waals surface area contributed by atoms with Gasteiger partial charge >= 0.3 is 6.18 Å². The average Bonchev–Trinajstić information content (AvgIpc) is 2.25. The fourth-order valence-corrected chi connectivity index (χ4v) is 1.17. The number of anilines is 2. The summed E-state index contributed by atoms with van der Waals surface area (Å²) >= 11 is 0. The summed E-state index contributed by atoms with van der Waals surface area (Å²) in [6, 6.07) is 1.62. The number of alkyl halides is 3. The predicted octanol–water partition coefficient (Wildman–Crippen LogP) is 1.85. The molecule has 7 heteroatoms. The highest BCUT2D eigenvalue weighted by Gasteiger charge is 2.37. The van der Waals surface area contributed by atoms with Gasteiger partial charge in [-0.2, -0.15) is 13.2 Å². The first kappa shape index (κ1) is 13.6. The van der Waals surface area contributed by atoms with Crippen LogP contribution in [0.15, 0.2) is 18.5 Å². The van der Waals surface area contributed by atoms with Crippen molar-refractivity contribution in [3.8, 4) is 0 Å². The molecule has 0 bridgehead atoms. The van der Waals surface area contributed by atoms with Crippen molar-refractivity contribution >= 4 is 11.4 Å². The Morgan fingerprint density at radius 2 is 1.88 bits per heavy atom. The molecule has 4 nitrogen and oxygen atoms in total. The molecule has 1 heterocycles. The first-order chi connectivity index (χ1) is 7.93. The molecule has 1 aromatic rings. The lowest BCUT2D eigenvalue weighted by molar-refractivity contribution is -0.198. The van der Waals surface area contributed by atoms with Crippen LogP contribution in [0.5, 0.6) is 0 Å². The molecule has 1 unspecified atom stereocenters. The molecular weight excluding hydrogens is 235 g/mol. The van der Waals surface area contributed by atoms with Gasteiger partial charge in [-0.25, -0.2) is 0 Å². The molecule has 0 spiro atoms. The van der Waals surface area contributed by atoms with E-state index in [-0.39, 0.29) is 0 Å². The number of hydrogen-bond acceptors (Lipinski definition) is 4. The van der Waals surface area contributed by atoms with Crippen molar-refractivity contribution < 1.29 is 18.3 Å². The first-order valence-corrected chi connectivity index (χ1v) is 5.11. The molecule has 0 amide bonds. The van der Waals surface area contributed by atoms with E-state index in [9.17, 15) is 13.2 Å². The van der Waals surface area contributed by atoms with E-state index < -0.39 is 18.8 Å². The number of aromatic nitrogens is 1. The Labute approximate surface area is 96.9 Å². The van der Waals surface area contributed by atoms with Gasteiger partial charge in [-0.05, 0) is 13.0 Å². The number of hydrogen-bond donors (Lipinski definition) is 3. The molecule has 0 saturated carbocycles. The van der Waals surface area contributed by atoms with Crippen LogP contribution in [0.1, 0.15) is 6.92 Å². The van der Waals surface area contributed by atoms with E-state index in [2.05, 4.69) is 15.6 Å². The molecule has 0 aliphatic rings. The van der Waals surface area contributed by atoms with Crippen LogP contribution in [0.3, 0.4) is 0 Å². The molecule has 3 N–H and O–H groups in total. The van der Waals surface area contributed by atoms with E-state index in [1.807, 2.05) is 6.92 Å². The minimum absolute atomic E-state index is 0.423. The van der Waals surface area contributed by atoms with E-state index in [4.69, 9.17) is 5.11 Å². The lowest BCUT2D eigenvalue weighted by Crippen LogP contribution is -2.35. The second-order valence-electron chi connectivity index (χ2n) is 3.43. The van der Waals surface area contributed by atoms with Gasteiger partial charge in [0.25, 0.3) is 0 Å². The molecule has 0 saturated heterocycles. The molecule has 17 heavy (non-hydrogen) atoms. The van der Waals surface area contributed by atoms with Crippen molar-refractivity contribution in [3.05, 3.63) is 18.5 Å². The Balaban J connectivity index is 2.54. The van der Waals surface area contributed by atoms with Crippen molar-refractivity contribution in [2.24, 2.45) is 0 Å². The Morgan fingerprint density at radius 3 is 2.41 bits per heavy atom. The molecule has 0 aromatic carbocycles. The minimum atomic E-state index is -4.61. The van der Waals surface area contributed by atoms with Crippen LogP contribution >= 0.6 is 0 Å². The van der Waals surface area contributed by atoms with Gasteiger partial charge in [0, 0.05) is 13.1 Å². The molecule has 96 valence electrons. The van der Waals surface area contributed by atoms with Crippen LogP contribution in [0.2, 0.25) is 0 Å². The van der Waals surface area contributed by atoms with Crippen LogP contribution in [-0.4, -0.2) is 35.5 Å². The van der Waals surface area contributed by atoms with Crippen molar-refractivity contribution in [3.63, 3.8) is 0 Å². The second-order valence-corrected chi connectivity index (χ2v) is 3.43. The zero-order valence-electron chi connectivity index (χ0n) is 9.25. The SMILES string of the molecule is CCNc1cncc(NCC(O)C(F)(F)F)c1. The van der Waals surface area contributed by atoms with Gasteiger partial charge in [-0.15, -0.1) is 0 Å². The van der Waals surface area contributed by atoms with Crippen LogP contribution in [0.4, 0.5) is 24.5 Å². The molecule has 1 atom stereocenters. The normalized spacial score (nSPS) is 13.2. The van der Waals surface area contributed by atoms with Crippen molar-refractivity contribution in [1.82, 2.24) is 4.98 Å². The number of halogens is 3. The third kappa shape index (κ3) is 4.48. The summed E-state index contributed by atoms with van der Waals surface area (Å²) in [6.45, 7) is 1.99. The van der Waals surface area contributed by atoms with Crippen LogP contribution < -0.4 is 10.6 Å². The second kappa shape index (κ2) is 5.72. The summed E-state index contributed by atoms with van der Waals surface area (Å²) in [5.41, 5.74) is 1.13. The lowest BCUT2D eigenvalue weighted by Gasteiger charge is -2.16. The molecule has 1 aromatic heterocycles. The monoisotopic (exact) mass is 249 g/mol. The highest BCUT2D eigenvalue weighted by atomic mass is 19.4. The van der Waals surface area contributed by atoms with E-state index in [1.165, 1.54) is 6.20 Å². The number of nitrogens with one attached hydrogen (secondary N) is 2. The lowest BCUT2D eigenvalue weighted by atomic mass is 10.3. The minimum Gasteiger partial charge on any atom is -0.384 e. The zero-order chi connectivity index (χ0) is 12.9. The molecule has 1 rings (SSSR count). The topological polar surface area (TPSA) is 57.2 Å². The van der Waals surface area contributed by atoms with Crippen LogP contribution in [-0.2, 0) is 0 Å². The summed E-state index contributed by atoms with van der Waals surface area (Å²) in [5, 5.41) is 14.3. The van der Waals surface area contributed by atoms with Crippen LogP contribution in [0.25, 0.3) is 0 Å². The van der Waals surface area contributed by atoms with Gasteiger partial charge in [-0.1, -0.05) is 0 Å². The van der Waals surface area contributed by atoms with Gasteiger partial charge < -0.3 is 15.7 Å². The maximum absolute atomic E-state index is 12.0. The summed E-state index contributed by atoms with van der Waals surface area (Å²) in [6.07, 6.45) is -4.04. The molecule has 0 radical (unpaired) electrons. The Bertz CT molecular complexity index is 357. The summed E-state index contributed by atoms with van der Waals surface area (Å²) in [5.74, 6) is 0. The fraction of sp³-hybridized carbons (Fsp3) is 0.500. The maximum atomic E-state index is 12.0. The number of aliphatic hydroxyl groups excluding tert-OH is 1. The van der Waals surface area contributed by atoms with Gasteiger partial charge in [0.15, 0.2) is 6.10 Å². The Hall–Kier alpha value is -1.50. The molecule has 0 fully saturated rings. The third-order valence-corrected chi connectivity index (χ3v) is 2.00. The number of rotatable bonds is 5. The predicted molar refractivity (Wildman–Crippen MR) is 59.0 cm³/mol. The van der Waals surface area contributed by atoms with Crippen molar-refractivity contribution in [2.75, 3.05) is 23.7 Å². The maximum Gasteiger partial charge on any atom is 0.416 e. The van der Waals surface area contributed by atoms with Crippen LogP contribution in [0, 0.1) is 0 Å². The van der Waals surface area contributed by atoms with E-state index in [0.29, 0.717) is 17.9 Å². The zero-order valence-corrected chi connectivity index (χ0v) is 9.25. The number of nitrogens with zero attached hydrogens (tertiary/aromatic N) is 1. The first-order valence-electron chi connectivity index (χ1n) is 5.11. The van der Waals surface area contributed by atoms with Gasteiger partial charge in [0.05, 0.1) is 23.8 Å².